The molecule has 1 aliphatic rings. The van der Waals surface area contributed by atoms with Crippen LogP contribution in [0.15, 0.2) is 23.1 Å². The number of hydrogen-bond acceptors (Lipinski definition) is 3. The van der Waals surface area contributed by atoms with Gasteiger partial charge in [-0.05, 0) is 44.5 Å². The highest BCUT2D eigenvalue weighted by molar-refractivity contribution is 7.89. The molecule has 1 fully saturated rings. The Labute approximate surface area is 121 Å². The third-order valence-electron chi connectivity index (χ3n) is 3.63. The first kappa shape index (κ1) is 16.3. The lowest BCUT2D eigenvalue weighted by Gasteiger charge is -2.25. The first-order chi connectivity index (χ1) is 9.55. The van der Waals surface area contributed by atoms with Crippen LogP contribution in [0, 0.1) is 6.92 Å². The molecule has 0 saturated carbocycles. The molecule has 0 radical (unpaired) electrons. The van der Waals surface area contributed by atoms with Gasteiger partial charge in [-0.15, -0.1) is 0 Å². The van der Waals surface area contributed by atoms with Gasteiger partial charge in [0.25, 0.3) is 0 Å². The molecule has 0 spiro atoms. The molecule has 1 atom stereocenters. The maximum Gasteiger partial charge on any atom is 0.416 e. The van der Waals surface area contributed by atoms with Crippen molar-refractivity contribution in [1.29, 1.82) is 0 Å². The lowest BCUT2D eigenvalue weighted by molar-refractivity contribution is -0.138. The second kappa shape index (κ2) is 5.26. The molecule has 0 aromatic heterocycles. The standard InChI is InChI=1S/C13H17F3N2O2S/c1-9-10(13(14,15)16)4-3-5-11(9)21(19,20)18-12(2)6-7-17-8-12/h3-5,17-18H,6-8H2,1-2H3. The molecule has 1 saturated heterocycles. The van der Waals surface area contributed by atoms with E-state index in [1.54, 1.807) is 6.92 Å². The highest BCUT2D eigenvalue weighted by Crippen LogP contribution is 2.34. The lowest BCUT2D eigenvalue weighted by atomic mass is 10.0. The van der Waals surface area contributed by atoms with Crippen LogP contribution in [0.2, 0.25) is 0 Å². The highest BCUT2D eigenvalue weighted by Gasteiger charge is 2.37. The van der Waals surface area contributed by atoms with Gasteiger partial charge in [-0.25, -0.2) is 13.1 Å². The summed E-state index contributed by atoms with van der Waals surface area (Å²) in [4.78, 5) is -0.328. The van der Waals surface area contributed by atoms with Gasteiger partial charge in [-0.3, -0.25) is 0 Å². The van der Waals surface area contributed by atoms with E-state index in [4.69, 9.17) is 0 Å². The van der Waals surface area contributed by atoms with Crippen molar-refractivity contribution in [2.75, 3.05) is 13.1 Å². The first-order valence-corrected chi connectivity index (χ1v) is 7.95. The van der Waals surface area contributed by atoms with Crippen molar-refractivity contribution in [3.05, 3.63) is 29.3 Å². The van der Waals surface area contributed by atoms with Crippen molar-refractivity contribution in [2.24, 2.45) is 0 Å². The summed E-state index contributed by atoms with van der Waals surface area (Å²) in [5.41, 5.74) is -1.90. The van der Waals surface area contributed by atoms with Gasteiger partial charge >= 0.3 is 6.18 Å². The molecule has 2 rings (SSSR count). The van der Waals surface area contributed by atoms with Gasteiger partial charge < -0.3 is 5.32 Å². The van der Waals surface area contributed by atoms with E-state index in [1.807, 2.05) is 0 Å². The monoisotopic (exact) mass is 322 g/mol. The van der Waals surface area contributed by atoms with Gasteiger partial charge in [0.15, 0.2) is 0 Å². The molecule has 0 amide bonds. The Morgan fingerprint density at radius 3 is 2.52 bits per heavy atom. The Hall–Kier alpha value is -1.12. The van der Waals surface area contributed by atoms with E-state index < -0.39 is 27.3 Å². The summed E-state index contributed by atoms with van der Waals surface area (Å²) >= 11 is 0. The van der Waals surface area contributed by atoms with Gasteiger partial charge in [0.05, 0.1) is 10.5 Å². The van der Waals surface area contributed by atoms with Crippen LogP contribution in [-0.4, -0.2) is 27.0 Å². The second-order valence-corrected chi connectivity index (χ2v) is 7.17. The fourth-order valence-corrected chi connectivity index (χ4v) is 4.20. The van der Waals surface area contributed by atoms with E-state index in [1.165, 1.54) is 13.0 Å². The molecular formula is C13H17F3N2O2S. The second-order valence-electron chi connectivity index (χ2n) is 5.52. The lowest BCUT2D eigenvalue weighted by Crippen LogP contribution is -2.47. The number of benzene rings is 1. The van der Waals surface area contributed by atoms with Crippen molar-refractivity contribution in [3.8, 4) is 0 Å². The Kier molecular flexibility index (Phi) is 4.07. The summed E-state index contributed by atoms with van der Waals surface area (Å²) in [6.45, 7) is 4.02. The minimum atomic E-state index is -4.57. The zero-order valence-corrected chi connectivity index (χ0v) is 12.5. The summed E-state index contributed by atoms with van der Waals surface area (Å²) in [5.74, 6) is 0. The summed E-state index contributed by atoms with van der Waals surface area (Å²) < 4.78 is 65.9. The van der Waals surface area contributed by atoms with Gasteiger partial charge in [0.2, 0.25) is 10.0 Å². The molecule has 4 nitrogen and oxygen atoms in total. The molecule has 1 aromatic carbocycles. The molecule has 1 heterocycles. The average molecular weight is 322 g/mol. The molecule has 21 heavy (non-hydrogen) atoms. The van der Waals surface area contributed by atoms with E-state index in [9.17, 15) is 21.6 Å². The first-order valence-electron chi connectivity index (χ1n) is 6.47. The molecule has 2 N–H and O–H groups in total. The number of alkyl halides is 3. The highest BCUT2D eigenvalue weighted by atomic mass is 32.2. The van der Waals surface area contributed by atoms with Crippen LogP contribution >= 0.6 is 0 Å². The minimum Gasteiger partial charge on any atom is -0.315 e. The largest absolute Gasteiger partial charge is 0.416 e. The van der Waals surface area contributed by atoms with Crippen LogP contribution in [0.4, 0.5) is 13.2 Å². The maximum atomic E-state index is 12.9. The summed E-state index contributed by atoms with van der Waals surface area (Å²) in [7, 11) is -4.01. The third-order valence-corrected chi connectivity index (χ3v) is 5.41. The van der Waals surface area contributed by atoms with E-state index >= 15 is 0 Å². The van der Waals surface area contributed by atoms with Gasteiger partial charge in [-0.1, -0.05) is 6.07 Å². The number of nitrogens with one attached hydrogen (secondary N) is 2. The van der Waals surface area contributed by atoms with Crippen molar-refractivity contribution in [2.45, 2.75) is 36.9 Å². The van der Waals surface area contributed by atoms with Gasteiger partial charge in [0, 0.05) is 12.1 Å². The van der Waals surface area contributed by atoms with Crippen molar-refractivity contribution < 1.29 is 21.6 Å². The molecule has 1 aliphatic heterocycles. The Morgan fingerprint density at radius 1 is 1.33 bits per heavy atom. The van der Waals surface area contributed by atoms with Crippen LogP contribution in [0.5, 0.6) is 0 Å². The van der Waals surface area contributed by atoms with Crippen LogP contribution in [0.1, 0.15) is 24.5 Å². The van der Waals surface area contributed by atoms with Crippen molar-refractivity contribution >= 4 is 10.0 Å². The number of rotatable bonds is 3. The number of hydrogen-bond donors (Lipinski definition) is 2. The van der Waals surface area contributed by atoms with Gasteiger partial charge in [-0.2, -0.15) is 13.2 Å². The van der Waals surface area contributed by atoms with E-state index in [2.05, 4.69) is 10.0 Å². The molecule has 118 valence electrons. The van der Waals surface area contributed by atoms with Crippen LogP contribution in [0.3, 0.4) is 0 Å². The van der Waals surface area contributed by atoms with Crippen LogP contribution in [0.25, 0.3) is 0 Å². The Balaban J connectivity index is 2.41. The fourth-order valence-electron chi connectivity index (χ4n) is 2.50. The average Bonchev–Trinajstić information content (AvgIpc) is 2.73. The summed E-state index contributed by atoms with van der Waals surface area (Å²) in [6, 6.07) is 3.19. The van der Waals surface area contributed by atoms with Crippen molar-refractivity contribution in [1.82, 2.24) is 10.0 Å². The third kappa shape index (κ3) is 3.38. The predicted molar refractivity (Wildman–Crippen MR) is 72.4 cm³/mol. The van der Waals surface area contributed by atoms with Crippen molar-refractivity contribution in [3.63, 3.8) is 0 Å². The Morgan fingerprint density at radius 2 is 2.00 bits per heavy atom. The van der Waals surface area contributed by atoms with E-state index in [0.29, 0.717) is 19.5 Å². The fraction of sp³-hybridized carbons (Fsp3) is 0.538. The van der Waals surface area contributed by atoms with Crippen LogP contribution < -0.4 is 10.0 Å². The smallest absolute Gasteiger partial charge is 0.315 e. The quantitative estimate of drug-likeness (QED) is 0.895. The van der Waals surface area contributed by atoms with Crippen LogP contribution in [-0.2, 0) is 16.2 Å². The molecule has 8 heteroatoms. The molecular weight excluding hydrogens is 305 g/mol. The molecule has 0 bridgehead atoms. The van der Waals surface area contributed by atoms with E-state index in [-0.39, 0.29) is 10.5 Å². The summed E-state index contributed by atoms with van der Waals surface area (Å²) in [6.07, 6.45) is -3.99. The molecule has 1 aromatic rings. The van der Waals surface area contributed by atoms with E-state index in [0.717, 1.165) is 12.1 Å². The molecule has 0 aliphatic carbocycles. The summed E-state index contributed by atoms with van der Waals surface area (Å²) in [5, 5.41) is 3.03. The maximum absolute atomic E-state index is 12.9. The topological polar surface area (TPSA) is 58.2 Å². The van der Waals surface area contributed by atoms with Gasteiger partial charge in [0.1, 0.15) is 0 Å². The predicted octanol–water partition coefficient (Wildman–Crippen LogP) is 2.04. The zero-order valence-electron chi connectivity index (χ0n) is 11.7. The zero-order chi connectivity index (χ0) is 15.9. The Bertz CT molecular complexity index is 635. The SMILES string of the molecule is Cc1c(C(F)(F)F)cccc1S(=O)(=O)NC1(C)CCNC1. The number of sulfonamides is 1. The molecule has 1 unspecified atom stereocenters. The normalized spacial score (nSPS) is 23.5. The number of halogens is 3. The minimum absolute atomic E-state index is 0.285.